The number of urea groups is 1. The van der Waals surface area contributed by atoms with Crippen LogP contribution in [-0.4, -0.2) is 24.5 Å². The van der Waals surface area contributed by atoms with E-state index < -0.39 is 12.1 Å². The highest BCUT2D eigenvalue weighted by Gasteiger charge is 2.20. The SMILES string of the molecule is Cc1ccc(NC(=O)[C@H](CCCCN)NC(=O)Nc2ccc(NCc3ccccc3)cc2)cc1. The van der Waals surface area contributed by atoms with E-state index in [1.165, 1.54) is 5.56 Å². The number of aryl methyl sites for hydroxylation is 1. The van der Waals surface area contributed by atoms with Crippen molar-refractivity contribution in [1.82, 2.24) is 5.32 Å². The van der Waals surface area contributed by atoms with Gasteiger partial charge in [0.15, 0.2) is 0 Å². The molecule has 3 rings (SSSR count). The summed E-state index contributed by atoms with van der Waals surface area (Å²) in [6.07, 6.45) is 2.03. The van der Waals surface area contributed by atoms with Gasteiger partial charge in [0.25, 0.3) is 0 Å². The summed E-state index contributed by atoms with van der Waals surface area (Å²) in [5, 5.41) is 11.8. The molecule has 3 aromatic carbocycles. The molecular formula is C27H33N5O2. The smallest absolute Gasteiger partial charge is 0.319 e. The zero-order valence-electron chi connectivity index (χ0n) is 19.5. The number of nitrogens with one attached hydrogen (secondary N) is 4. The summed E-state index contributed by atoms with van der Waals surface area (Å²) in [5.74, 6) is -0.253. The molecule has 0 fully saturated rings. The molecule has 0 aliphatic rings. The van der Waals surface area contributed by atoms with Gasteiger partial charge in [0.05, 0.1) is 0 Å². The van der Waals surface area contributed by atoms with Crippen LogP contribution in [0.5, 0.6) is 0 Å². The average molecular weight is 460 g/mol. The third-order valence-electron chi connectivity index (χ3n) is 5.37. The number of anilines is 3. The highest BCUT2D eigenvalue weighted by molar-refractivity contribution is 5.99. The first-order valence-electron chi connectivity index (χ1n) is 11.6. The van der Waals surface area contributed by atoms with E-state index in [0.29, 0.717) is 30.9 Å². The Balaban J connectivity index is 1.54. The molecule has 0 aliphatic carbocycles. The number of hydrogen-bond donors (Lipinski definition) is 5. The van der Waals surface area contributed by atoms with E-state index in [4.69, 9.17) is 5.73 Å². The maximum Gasteiger partial charge on any atom is 0.319 e. The van der Waals surface area contributed by atoms with E-state index in [1.807, 2.05) is 73.7 Å². The van der Waals surface area contributed by atoms with Crippen molar-refractivity contribution in [3.05, 3.63) is 90.0 Å². The third kappa shape index (κ3) is 8.26. The number of nitrogens with two attached hydrogens (primary N) is 1. The Morgan fingerprint density at radius 2 is 1.41 bits per heavy atom. The van der Waals surface area contributed by atoms with E-state index in [1.54, 1.807) is 0 Å². The van der Waals surface area contributed by atoms with Gasteiger partial charge >= 0.3 is 6.03 Å². The van der Waals surface area contributed by atoms with Gasteiger partial charge in [0.2, 0.25) is 5.91 Å². The van der Waals surface area contributed by atoms with Crippen molar-refractivity contribution in [2.24, 2.45) is 5.73 Å². The molecule has 0 aromatic heterocycles. The van der Waals surface area contributed by atoms with Gasteiger partial charge in [-0.2, -0.15) is 0 Å². The minimum Gasteiger partial charge on any atom is -0.381 e. The predicted molar refractivity (Wildman–Crippen MR) is 139 cm³/mol. The van der Waals surface area contributed by atoms with Crippen LogP contribution in [0.15, 0.2) is 78.9 Å². The van der Waals surface area contributed by atoms with Crippen LogP contribution in [0.25, 0.3) is 0 Å². The number of unbranched alkanes of at least 4 members (excludes halogenated alkanes) is 1. The zero-order chi connectivity index (χ0) is 24.2. The van der Waals surface area contributed by atoms with E-state index in [-0.39, 0.29) is 5.91 Å². The zero-order valence-corrected chi connectivity index (χ0v) is 19.5. The first-order chi connectivity index (χ1) is 16.5. The number of hydrogen-bond acceptors (Lipinski definition) is 4. The van der Waals surface area contributed by atoms with Crippen molar-refractivity contribution in [1.29, 1.82) is 0 Å². The largest absolute Gasteiger partial charge is 0.381 e. The number of benzene rings is 3. The lowest BCUT2D eigenvalue weighted by molar-refractivity contribution is -0.118. The fraction of sp³-hybridized carbons (Fsp3) is 0.259. The van der Waals surface area contributed by atoms with Gasteiger partial charge in [-0.3, -0.25) is 4.79 Å². The van der Waals surface area contributed by atoms with Crippen LogP contribution in [0.2, 0.25) is 0 Å². The topological polar surface area (TPSA) is 108 Å². The van der Waals surface area contributed by atoms with Crippen molar-refractivity contribution in [2.45, 2.75) is 38.8 Å². The second-order valence-electron chi connectivity index (χ2n) is 8.21. The third-order valence-corrected chi connectivity index (χ3v) is 5.37. The normalized spacial score (nSPS) is 11.4. The Morgan fingerprint density at radius 3 is 2.09 bits per heavy atom. The van der Waals surface area contributed by atoms with Crippen molar-refractivity contribution in [3.63, 3.8) is 0 Å². The maximum absolute atomic E-state index is 12.8. The number of carbonyl (C=O) groups is 2. The lowest BCUT2D eigenvalue weighted by atomic mass is 10.1. The lowest BCUT2D eigenvalue weighted by Crippen LogP contribution is -2.45. The summed E-state index contributed by atoms with van der Waals surface area (Å²) in [6, 6.07) is 24.0. The average Bonchev–Trinajstić information content (AvgIpc) is 2.85. The minimum atomic E-state index is -0.667. The van der Waals surface area contributed by atoms with Crippen molar-refractivity contribution >= 4 is 29.0 Å². The summed E-state index contributed by atoms with van der Waals surface area (Å²) in [5.41, 5.74) is 10.2. The molecule has 0 aliphatic heterocycles. The molecule has 0 saturated heterocycles. The van der Waals surface area contributed by atoms with E-state index >= 15 is 0 Å². The summed E-state index contributed by atoms with van der Waals surface area (Å²) in [6.45, 7) is 3.25. The quantitative estimate of drug-likeness (QED) is 0.264. The van der Waals surface area contributed by atoms with Crippen LogP contribution in [0.4, 0.5) is 21.9 Å². The van der Waals surface area contributed by atoms with Crippen molar-refractivity contribution in [3.8, 4) is 0 Å². The molecule has 7 nitrogen and oxygen atoms in total. The molecule has 6 N–H and O–H groups in total. The lowest BCUT2D eigenvalue weighted by Gasteiger charge is -2.19. The van der Waals surface area contributed by atoms with Gasteiger partial charge in [0.1, 0.15) is 6.04 Å². The Morgan fingerprint density at radius 1 is 0.794 bits per heavy atom. The summed E-state index contributed by atoms with van der Waals surface area (Å²) >= 11 is 0. The Hall–Kier alpha value is -3.84. The van der Waals surface area contributed by atoms with E-state index in [2.05, 4.69) is 33.4 Å². The maximum atomic E-state index is 12.8. The molecule has 0 heterocycles. The highest BCUT2D eigenvalue weighted by Crippen LogP contribution is 2.15. The van der Waals surface area contributed by atoms with Crippen LogP contribution in [0, 0.1) is 6.92 Å². The molecule has 0 radical (unpaired) electrons. The highest BCUT2D eigenvalue weighted by atomic mass is 16.2. The fourth-order valence-corrected chi connectivity index (χ4v) is 3.42. The van der Waals surface area contributed by atoms with Gasteiger partial charge in [-0.25, -0.2) is 4.79 Å². The molecule has 0 unspecified atom stereocenters. The van der Waals surface area contributed by atoms with Crippen LogP contribution >= 0.6 is 0 Å². The molecular weight excluding hydrogens is 426 g/mol. The second kappa shape index (κ2) is 13.0. The van der Waals surface area contributed by atoms with Crippen LogP contribution in [0.3, 0.4) is 0 Å². The van der Waals surface area contributed by atoms with Gasteiger partial charge in [-0.1, -0.05) is 48.0 Å². The Kier molecular flexibility index (Phi) is 9.49. The standard InChI is InChI=1S/C27H33N5O2/c1-20-10-12-23(13-11-20)30-26(33)25(9-5-6-18-28)32-27(34)31-24-16-14-22(15-17-24)29-19-21-7-3-2-4-8-21/h2-4,7-8,10-17,25,29H,5-6,9,18-19,28H2,1H3,(H,30,33)(H2,31,32,34)/t25-/m0/s1. The summed E-state index contributed by atoms with van der Waals surface area (Å²) < 4.78 is 0. The number of carbonyl (C=O) groups excluding carboxylic acids is 2. The molecule has 178 valence electrons. The second-order valence-corrected chi connectivity index (χ2v) is 8.21. The van der Waals surface area contributed by atoms with Crippen molar-refractivity contribution < 1.29 is 9.59 Å². The van der Waals surface area contributed by atoms with Crippen LogP contribution in [-0.2, 0) is 11.3 Å². The molecule has 0 saturated carbocycles. The summed E-state index contributed by atoms with van der Waals surface area (Å²) in [7, 11) is 0. The first-order valence-corrected chi connectivity index (χ1v) is 11.6. The molecule has 1 atom stereocenters. The Bertz CT molecular complexity index is 1040. The minimum absolute atomic E-state index is 0.253. The monoisotopic (exact) mass is 459 g/mol. The van der Waals surface area contributed by atoms with Gasteiger partial charge in [-0.05, 0) is 74.7 Å². The number of rotatable bonds is 11. The summed E-state index contributed by atoms with van der Waals surface area (Å²) in [4.78, 5) is 25.4. The van der Waals surface area contributed by atoms with Gasteiger partial charge < -0.3 is 27.0 Å². The molecule has 3 aromatic rings. The van der Waals surface area contributed by atoms with Crippen LogP contribution < -0.4 is 27.0 Å². The molecule has 7 heteroatoms. The first kappa shape index (κ1) is 24.8. The molecule has 0 bridgehead atoms. The van der Waals surface area contributed by atoms with E-state index in [0.717, 1.165) is 24.1 Å². The predicted octanol–water partition coefficient (Wildman–Crippen LogP) is 4.86. The van der Waals surface area contributed by atoms with Gasteiger partial charge in [-0.15, -0.1) is 0 Å². The number of amides is 3. The van der Waals surface area contributed by atoms with Crippen molar-refractivity contribution in [2.75, 3.05) is 22.5 Å². The Labute approximate surface area is 201 Å². The van der Waals surface area contributed by atoms with Gasteiger partial charge in [0, 0.05) is 23.6 Å². The molecule has 3 amide bonds. The van der Waals surface area contributed by atoms with E-state index in [9.17, 15) is 9.59 Å². The fourth-order valence-electron chi connectivity index (χ4n) is 3.42. The molecule has 0 spiro atoms. The van der Waals surface area contributed by atoms with Crippen LogP contribution in [0.1, 0.15) is 30.4 Å². The molecule has 34 heavy (non-hydrogen) atoms.